The van der Waals surface area contributed by atoms with E-state index in [0.29, 0.717) is 13.1 Å². The topological polar surface area (TPSA) is 54.5 Å². The molecular formula is C13H17F2N3O2. The van der Waals surface area contributed by atoms with E-state index >= 15 is 0 Å². The zero-order valence-electron chi connectivity index (χ0n) is 11.2. The van der Waals surface area contributed by atoms with E-state index in [1.807, 2.05) is 6.92 Å². The van der Waals surface area contributed by atoms with Gasteiger partial charge in [0.2, 0.25) is 0 Å². The summed E-state index contributed by atoms with van der Waals surface area (Å²) >= 11 is 0. The molecule has 1 aliphatic heterocycles. The van der Waals surface area contributed by atoms with Gasteiger partial charge in [-0.3, -0.25) is 9.78 Å². The number of aromatic nitrogens is 1. The summed E-state index contributed by atoms with van der Waals surface area (Å²) in [6, 6.07) is 3.09. The quantitative estimate of drug-likeness (QED) is 0.902. The van der Waals surface area contributed by atoms with Crippen LogP contribution >= 0.6 is 0 Å². The number of rotatable bonds is 4. The molecule has 2 heterocycles. The highest BCUT2D eigenvalue weighted by atomic mass is 19.3. The largest absolute Gasteiger partial charge is 0.488 e. The van der Waals surface area contributed by atoms with Crippen LogP contribution in [0.3, 0.4) is 0 Å². The van der Waals surface area contributed by atoms with Gasteiger partial charge in [-0.15, -0.1) is 0 Å². The molecule has 0 bridgehead atoms. The molecule has 1 aromatic rings. The van der Waals surface area contributed by atoms with Crippen LogP contribution in [-0.2, 0) is 0 Å². The fourth-order valence-electron chi connectivity index (χ4n) is 2.06. The molecule has 1 fully saturated rings. The Morgan fingerprint density at radius 2 is 2.45 bits per heavy atom. The van der Waals surface area contributed by atoms with E-state index in [-0.39, 0.29) is 23.4 Å². The maximum atomic E-state index is 12.3. The minimum atomic E-state index is -2.55. The first-order chi connectivity index (χ1) is 9.56. The molecule has 1 N–H and O–H groups in total. The summed E-state index contributed by atoms with van der Waals surface area (Å²) in [5.74, 6) is 0.0210. The minimum Gasteiger partial charge on any atom is -0.488 e. The number of carbonyl (C=O) groups excluding carboxylic acids is 1. The Morgan fingerprint density at radius 3 is 3.15 bits per heavy atom. The number of carbonyl (C=O) groups is 1. The first kappa shape index (κ1) is 14.6. The number of halogens is 2. The van der Waals surface area contributed by atoms with Crippen molar-refractivity contribution in [2.45, 2.75) is 19.4 Å². The summed E-state index contributed by atoms with van der Waals surface area (Å²) in [5.41, 5.74) is 0.214. The molecule has 2 rings (SSSR count). The van der Waals surface area contributed by atoms with Gasteiger partial charge >= 0.3 is 0 Å². The van der Waals surface area contributed by atoms with Gasteiger partial charge in [-0.1, -0.05) is 0 Å². The summed E-state index contributed by atoms with van der Waals surface area (Å²) in [4.78, 5) is 17.9. The molecule has 0 radical (unpaired) electrons. The van der Waals surface area contributed by atoms with E-state index in [2.05, 4.69) is 10.3 Å². The van der Waals surface area contributed by atoms with Crippen molar-refractivity contribution in [1.82, 2.24) is 15.2 Å². The number of nitrogens with zero attached hydrogens (tertiary/aromatic N) is 2. The highest BCUT2D eigenvalue weighted by Gasteiger charge is 2.22. The van der Waals surface area contributed by atoms with Gasteiger partial charge in [-0.2, -0.15) is 0 Å². The summed E-state index contributed by atoms with van der Waals surface area (Å²) in [6.07, 6.45) is -1.16. The van der Waals surface area contributed by atoms with Crippen molar-refractivity contribution in [3.05, 3.63) is 24.0 Å². The van der Waals surface area contributed by atoms with E-state index in [1.54, 1.807) is 4.90 Å². The maximum absolute atomic E-state index is 12.3. The minimum absolute atomic E-state index is 0.208. The summed E-state index contributed by atoms with van der Waals surface area (Å²) in [6.45, 7) is 3.24. The fraction of sp³-hybridized carbons (Fsp3) is 0.538. The lowest BCUT2D eigenvalue weighted by Crippen LogP contribution is -2.51. The van der Waals surface area contributed by atoms with Crippen molar-refractivity contribution in [2.24, 2.45) is 0 Å². The first-order valence-electron chi connectivity index (χ1n) is 6.46. The van der Waals surface area contributed by atoms with E-state index in [4.69, 9.17) is 4.74 Å². The lowest BCUT2D eigenvalue weighted by molar-refractivity contribution is 0.0700. The first-order valence-corrected chi connectivity index (χ1v) is 6.46. The number of amides is 1. The highest BCUT2D eigenvalue weighted by molar-refractivity contribution is 5.92. The van der Waals surface area contributed by atoms with Crippen LogP contribution in [-0.4, -0.2) is 54.5 Å². The summed E-state index contributed by atoms with van der Waals surface area (Å²) in [5, 5.41) is 3.24. The molecule has 1 amide bonds. The van der Waals surface area contributed by atoms with Gasteiger partial charge in [0.05, 0.1) is 0 Å². The number of hydrogen-bond donors (Lipinski definition) is 1. The molecule has 1 aromatic heterocycles. The molecule has 7 heteroatoms. The third kappa shape index (κ3) is 3.86. The zero-order valence-corrected chi connectivity index (χ0v) is 11.2. The van der Waals surface area contributed by atoms with Crippen LogP contribution in [0.1, 0.15) is 17.4 Å². The smallest absolute Gasteiger partial charge is 0.272 e. The lowest BCUT2D eigenvalue weighted by Gasteiger charge is -2.31. The molecule has 0 unspecified atom stereocenters. The van der Waals surface area contributed by atoms with Gasteiger partial charge in [0.15, 0.2) is 0 Å². The van der Waals surface area contributed by atoms with E-state index in [1.165, 1.54) is 18.3 Å². The van der Waals surface area contributed by atoms with Crippen molar-refractivity contribution in [1.29, 1.82) is 0 Å². The Hall–Kier alpha value is -1.76. The van der Waals surface area contributed by atoms with Crippen LogP contribution in [0, 0.1) is 0 Å². The van der Waals surface area contributed by atoms with Gasteiger partial charge in [-0.05, 0) is 13.0 Å². The predicted molar refractivity (Wildman–Crippen MR) is 69.1 cm³/mol. The van der Waals surface area contributed by atoms with Crippen LogP contribution in [0.2, 0.25) is 0 Å². The van der Waals surface area contributed by atoms with Crippen LogP contribution in [0.25, 0.3) is 0 Å². The SMILES string of the molecule is C[C@@H]1CN(C(=O)c2cc(OCC(F)F)ccn2)CCN1. The number of hydrogen-bond acceptors (Lipinski definition) is 4. The summed E-state index contributed by atoms with van der Waals surface area (Å²) in [7, 11) is 0. The van der Waals surface area contributed by atoms with Gasteiger partial charge in [0.1, 0.15) is 18.1 Å². The molecule has 0 aromatic carbocycles. The molecule has 1 aliphatic rings. The second-order valence-electron chi connectivity index (χ2n) is 4.69. The van der Waals surface area contributed by atoms with Crippen molar-refractivity contribution in [2.75, 3.05) is 26.2 Å². The highest BCUT2D eigenvalue weighted by Crippen LogP contribution is 2.14. The number of alkyl halides is 2. The molecule has 5 nitrogen and oxygen atoms in total. The zero-order chi connectivity index (χ0) is 14.5. The number of piperazine rings is 1. The molecule has 0 spiro atoms. The van der Waals surface area contributed by atoms with Crippen molar-refractivity contribution in [3.63, 3.8) is 0 Å². The Balaban J connectivity index is 2.04. The maximum Gasteiger partial charge on any atom is 0.272 e. The van der Waals surface area contributed by atoms with Crippen LogP contribution in [0.15, 0.2) is 18.3 Å². The van der Waals surface area contributed by atoms with Gasteiger partial charge in [0, 0.05) is 37.9 Å². The molecule has 110 valence electrons. The van der Waals surface area contributed by atoms with Crippen LogP contribution in [0.5, 0.6) is 5.75 Å². The number of ether oxygens (including phenoxy) is 1. The van der Waals surface area contributed by atoms with Gasteiger partial charge in [0.25, 0.3) is 12.3 Å². The van der Waals surface area contributed by atoms with Crippen molar-refractivity contribution in [3.8, 4) is 5.75 Å². The van der Waals surface area contributed by atoms with Crippen molar-refractivity contribution < 1.29 is 18.3 Å². The number of pyridine rings is 1. The molecule has 20 heavy (non-hydrogen) atoms. The molecule has 1 atom stereocenters. The molecule has 0 aliphatic carbocycles. The Labute approximate surface area is 115 Å². The Morgan fingerprint density at radius 1 is 1.65 bits per heavy atom. The second-order valence-corrected chi connectivity index (χ2v) is 4.69. The predicted octanol–water partition coefficient (Wildman–Crippen LogP) is 1.16. The van der Waals surface area contributed by atoms with E-state index < -0.39 is 13.0 Å². The van der Waals surface area contributed by atoms with Crippen LogP contribution in [0.4, 0.5) is 8.78 Å². The fourth-order valence-corrected chi connectivity index (χ4v) is 2.06. The summed E-state index contributed by atoms with van der Waals surface area (Å²) < 4.78 is 29.1. The van der Waals surface area contributed by atoms with Gasteiger partial charge in [-0.25, -0.2) is 8.78 Å². The monoisotopic (exact) mass is 285 g/mol. The molecule has 0 saturated carbocycles. The van der Waals surface area contributed by atoms with E-state index in [9.17, 15) is 13.6 Å². The standard InChI is InChI=1S/C13H17F2N3O2/c1-9-7-18(5-4-16-9)13(19)11-6-10(2-3-17-11)20-8-12(14)15/h2-3,6,9,12,16H,4-5,7-8H2,1H3/t9-/m1/s1. The third-order valence-corrected chi connectivity index (χ3v) is 2.98. The average molecular weight is 285 g/mol. The third-order valence-electron chi connectivity index (χ3n) is 2.98. The van der Waals surface area contributed by atoms with Crippen molar-refractivity contribution >= 4 is 5.91 Å². The second kappa shape index (κ2) is 6.60. The Kier molecular flexibility index (Phi) is 4.84. The molecule has 1 saturated heterocycles. The molecular weight excluding hydrogens is 268 g/mol. The lowest BCUT2D eigenvalue weighted by atomic mass is 10.2. The average Bonchev–Trinajstić information content (AvgIpc) is 2.44. The normalized spacial score (nSPS) is 19.2. The Bertz CT molecular complexity index is 471. The van der Waals surface area contributed by atoms with Crippen LogP contribution < -0.4 is 10.1 Å². The van der Waals surface area contributed by atoms with Gasteiger partial charge < -0.3 is 15.0 Å². The van der Waals surface area contributed by atoms with E-state index in [0.717, 1.165) is 6.54 Å². The number of nitrogens with one attached hydrogen (secondary N) is 1.